The van der Waals surface area contributed by atoms with Crippen molar-refractivity contribution in [2.24, 2.45) is 0 Å². The van der Waals surface area contributed by atoms with Crippen LogP contribution in [0.15, 0.2) is 30.3 Å². The third-order valence-corrected chi connectivity index (χ3v) is 3.21. The smallest absolute Gasteiger partial charge is 0.132 e. The first kappa shape index (κ1) is 12.3. The molecule has 0 amide bonds. The lowest BCUT2D eigenvalue weighted by molar-refractivity contribution is 0.286. The van der Waals surface area contributed by atoms with E-state index in [1.165, 1.54) is 38.2 Å². The van der Waals surface area contributed by atoms with E-state index in [1.54, 1.807) is 0 Å². The molecule has 0 aliphatic rings. The van der Waals surface area contributed by atoms with Gasteiger partial charge < -0.3 is 0 Å². The molecule has 15 heavy (non-hydrogen) atoms. The first-order valence-electron chi connectivity index (χ1n) is 6.20. The zero-order valence-electron chi connectivity index (χ0n) is 10.4. The van der Waals surface area contributed by atoms with Crippen molar-refractivity contribution in [3.05, 3.63) is 30.3 Å². The van der Waals surface area contributed by atoms with Crippen LogP contribution < -0.4 is 4.48 Å². The maximum atomic E-state index is 2.30. The average Bonchev–Trinajstić information content (AvgIpc) is 2.30. The van der Waals surface area contributed by atoms with E-state index in [0.29, 0.717) is 0 Å². The normalized spacial score (nSPS) is 11.7. The van der Waals surface area contributed by atoms with Crippen LogP contribution in [-0.2, 0) is 0 Å². The summed E-state index contributed by atoms with van der Waals surface area (Å²) in [7, 11) is 0. The lowest BCUT2D eigenvalue weighted by Crippen LogP contribution is -2.50. The summed E-state index contributed by atoms with van der Waals surface area (Å²) in [5.41, 5.74) is 1.48. The fourth-order valence-electron chi connectivity index (χ4n) is 2.47. The number of para-hydroxylation sites is 1. The monoisotopic (exact) mass is 206 g/mol. The molecule has 0 aromatic heterocycles. The Morgan fingerprint density at radius 1 is 0.867 bits per heavy atom. The number of rotatable bonds is 6. The SMILES string of the molecule is CCC[N+](CC)(CCC)c1ccccc1. The van der Waals surface area contributed by atoms with Crippen LogP contribution in [0.3, 0.4) is 0 Å². The van der Waals surface area contributed by atoms with Gasteiger partial charge in [-0.25, -0.2) is 0 Å². The highest BCUT2D eigenvalue weighted by Gasteiger charge is 2.25. The molecule has 0 saturated carbocycles. The highest BCUT2D eigenvalue weighted by Crippen LogP contribution is 2.23. The maximum absolute atomic E-state index is 2.30. The third-order valence-electron chi connectivity index (χ3n) is 3.21. The number of nitrogens with zero attached hydrogens (tertiary/aromatic N) is 1. The Morgan fingerprint density at radius 3 is 1.80 bits per heavy atom. The molecule has 0 fully saturated rings. The lowest BCUT2D eigenvalue weighted by atomic mass is 10.2. The number of hydrogen-bond donors (Lipinski definition) is 0. The molecule has 1 aromatic rings. The van der Waals surface area contributed by atoms with Gasteiger partial charge in [0, 0.05) is 0 Å². The van der Waals surface area contributed by atoms with Gasteiger partial charge in [-0.2, -0.15) is 0 Å². The van der Waals surface area contributed by atoms with Crippen LogP contribution in [0.1, 0.15) is 33.6 Å². The molecule has 1 aromatic carbocycles. The Hall–Kier alpha value is -0.820. The van der Waals surface area contributed by atoms with Gasteiger partial charge in [-0.15, -0.1) is 0 Å². The highest BCUT2D eigenvalue weighted by atomic mass is 15.3. The van der Waals surface area contributed by atoms with Crippen LogP contribution in [0.5, 0.6) is 0 Å². The molecule has 0 radical (unpaired) electrons. The molecule has 84 valence electrons. The summed E-state index contributed by atoms with van der Waals surface area (Å²) in [4.78, 5) is 0. The van der Waals surface area contributed by atoms with E-state index in [4.69, 9.17) is 0 Å². The zero-order valence-corrected chi connectivity index (χ0v) is 10.4. The van der Waals surface area contributed by atoms with Crippen molar-refractivity contribution in [1.82, 2.24) is 4.48 Å². The van der Waals surface area contributed by atoms with Crippen molar-refractivity contribution in [2.75, 3.05) is 19.6 Å². The first-order chi connectivity index (χ1) is 7.29. The summed E-state index contributed by atoms with van der Waals surface area (Å²) in [5.74, 6) is 0. The van der Waals surface area contributed by atoms with E-state index in [9.17, 15) is 0 Å². The molecule has 1 heteroatoms. The molecule has 0 aliphatic heterocycles. The van der Waals surface area contributed by atoms with E-state index in [2.05, 4.69) is 51.1 Å². The second-order valence-electron chi connectivity index (χ2n) is 4.24. The third kappa shape index (κ3) is 2.82. The van der Waals surface area contributed by atoms with Gasteiger partial charge in [-0.05, 0) is 31.9 Å². The molecular weight excluding hydrogens is 182 g/mol. The van der Waals surface area contributed by atoms with E-state index in [-0.39, 0.29) is 0 Å². The molecule has 0 aliphatic carbocycles. The van der Waals surface area contributed by atoms with Gasteiger partial charge in [0.2, 0.25) is 0 Å². The Labute approximate surface area is 94.3 Å². The van der Waals surface area contributed by atoms with Gasteiger partial charge in [0.1, 0.15) is 5.69 Å². The van der Waals surface area contributed by atoms with Gasteiger partial charge in [0.05, 0.1) is 19.6 Å². The summed E-state index contributed by atoms with van der Waals surface area (Å²) in [6, 6.07) is 11.0. The summed E-state index contributed by atoms with van der Waals surface area (Å²) >= 11 is 0. The van der Waals surface area contributed by atoms with Crippen molar-refractivity contribution in [3.8, 4) is 0 Å². The van der Waals surface area contributed by atoms with Crippen molar-refractivity contribution in [1.29, 1.82) is 0 Å². The Balaban J connectivity index is 2.97. The molecule has 0 bridgehead atoms. The molecule has 0 saturated heterocycles. The van der Waals surface area contributed by atoms with Crippen LogP contribution in [0.2, 0.25) is 0 Å². The van der Waals surface area contributed by atoms with E-state index in [1.807, 2.05) is 0 Å². The standard InChI is InChI=1S/C14H24N/c1-4-12-15(6-3,13-5-2)14-10-8-7-9-11-14/h7-11H,4-6,12-13H2,1-3H3/q+1. The lowest BCUT2D eigenvalue weighted by Gasteiger charge is -2.37. The minimum Gasteiger partial charge on any atom is -0.291 e. The molecule has 1 nitrogen and oxygen atoms in total. The fraction of sp³-hybridized carbons (Fsp3) is 0.571. The Morgan fingerprint density at radius 2 is 1.40 bits per heavy atom. The topological polar surface area (TPSA) is 0 Å². The number of quaternary nitrogens is 1. The van der Waals surface area contributed by atoms with Crippen molar-refractivity contribution < 1.29 is 0 Å². The van der Waals surface area contributed by atoms with Crippen LogP contribution in [0.25, 0.3) is 0 Å². The second kappa shape index (κ2) is 5.92. The zero-order chi connectivity index (χ0) is 11.1. The van der Waals surface area contributed by atoms with E-state index < -0.39 is 0 Å². The molecule has 0 spiro atoms. The summed E-state index contributed by atoms with van der Waals surface area (Å²) < 4.78 is 1.15. The molecule has 0 heterocycles. The minimum absolute atomic E-state index is 1.15. The van der Waals surface area contributed by atoms with Crippen molar-refractivity contribution in [2.45, 2.75) is 33.6 Å². The van der Waals surface area contributed by atoms with Gasteiger partial charge in [0.25, 0.3) is 0 Å². The van der Waals surface area contributed by atoms with E-state index >= 15 is 0 Å². The van der Waals surface area contributed by atoms with Crippen LogP contribution in [0, 0.1) is 0 Å². The van der Waals surface area contributed by atoms with E-state index in [0.717, 1.165) is 4.48 Å². The van der Waals surface area contributed by atoms with Crippen LogP contribution >= 0.6 is 0 Å². The molecule has 0 N–H and O–H groups in total. The number of hydrogen-bond acceptors (Lipinski definition) is 0. The molecule has 0 unspecified atom stereocenters. The molecule has 1 rings (SSSR count). The fourth-order valence-corrected chi connectivity index (χ4v) is 2.47. The van der Waals surface area contributed by atoms with Crippen molar-refractivity contribution >= 4 is 5.69 Å². The highest BCUT2D eigenvalue weighted by molar-refractivity contribution is 5.42. The average molecular weight is 206 g/mol. The van der Waals surface area contributed by atoms with Gasteiger partial charge in [0.15, 0.2) is 0 Å². The van der Waals surface area contributed by atoms with Gasteiger partial charge in [-0.1, -0.05) is 32.0 Å². The number of benzene rings is 1. The molecular formula is C14H24N+. The minimum atomic E-state index is 1.15. The van der Waals surface area contributed by atoms with Crippen molar-refractivity contribution in [3.63, 3.8) is 0 Å². The van der Waals surface area contributed by atoms with Crippen LogP contribution in [0.4, 0.5) is 5.69 Å². The Kier molecular flexibility index (Phi) is 4.83. The largest absolute Gasteiger partial charge is 0.291 e. The van der Waals surface area contributed by atoms with Gasteiger partial charge >= 0.3 is 0 Å². The quantitative estimate of drug-likeness (QED) is 0.620. The maximum Gasteiger partial charge on any atom is 0.132 e. The molecule has 0 atom stereocenters. The summed E-state index contributed by atoms with van der Waals surface area (Å²) in [6.45, 7) is 10.6. The second-order valence-corrected chi connectivity index (χ2v) is 4.24. The predicted octanol–water partition coefficient (Wildman–Crippen LogP) is 3.83. The van der Waals surface area contributed by atoms with Gasteiger partial charge in [-0.3, -0.25) is 4.48 Å². The van der Waals surface area contributed by atoms with Crippen LogP contribution in [-0.4, -0.2) is 19.6 Å². The summed E-state index contributed by atoms with van der Waals surface area (Å²) in [6.07, 6.45) is 2.51. The first-order valence-corrected chi connectivity index (χ1v) is 6.20. The Bertz CT molecular complexity index is 260. The predicted molar refractivity (Wildman–Crippen MR) is 69.1 cm³/mol. The summed E-state index contributed by atoms with van der Waals surface area (Å²) in [5, 5.41) is 0.